The van der Waals surface area contributed by atoms with Crippen molar-refractivity contribution in [3.8, 4) is 28.7 Å². The highest BCUT2D eigenvalue weighted by molar-refractivity contribution is 6.22. The number of hydrogen-bond donors (Lipinski definition) is 3. The summed E-state index contributed by atoms with van der Waals surface area (Å²) in [5.74, 6) is -7.38. The number of phenols is 1. The Hall–Kier alpha value is -5.84. The van der Waals surface area contributed by atoms with Gasteiger partial charge in [0.15, 0.2) is 17.2 Å². The number of fused-ring (bicyclic) bond motifs is 2. The molecule has 2 aromatic rings. The molecule has 0 spiro atoms. The standard InChI is InChI=1S/C48H58FN3O12/c1-22-14-13-15-23(2)47(58)51-39-42(56)35-34(38-45(39)63-33-21-30(60-19-17-52(10)11)20-31(49)37(33)50-38)36-44(28(7)41(35)55)64-48(9,46(36)57)61-18-16-32(59-12)27(6)43(62-29(8)53)26(5)24(3)25(4)40(22)54/h13-16,18,20-22,24-27,32,40,43,54-55H,17,19H2,1-12H3,(H,51,58)/b14-13+,18-16+,23-15-/t22-,24+,25-,26+,27+,32-,40-,43-,48-/m0/s1. The molecular formula is C48H58FN3O12. The summed E-state index contributed by atoms with van der Waals surface area (Å²) in [4.78, 5) is 62.3. The number of aliphatic hydroxyl groups excluding tert-OH is 1. The van der Waals surface area contributed by atoms with Crippen LogP contribution < -0.4 is 20.2 Å². The number of anilines is 1. The minimum absolute atomic E-state index is 0.0114. The molecule has 1 aliphatic carbocycles. The van der Waals surface area contributed by atoms with Gasteiger partial charge in [-0.25, -0.2) is 9.37 Å². The number of nitrogens with zero attached hydrogens (tertiary/aromatic N) is 2. The molecule has 4 bridgehead atoms. The number of carbonyl (C=O) groups is 3. The van der Waals surface area contributed by atoms with Gasteiger partial charge < -0.3 is 48.5 Å². The van der Waals surface area contributed by atoms with E-state index in [2.05, 4.69) is 10.3 Å². The summed E-state index contributed by atoms with van der Waals surface area (Å²) in [5, 5.41) is 25.3. The van der Waals surface area contributed by atoms with Crippen LogP contribution in [-0.4, -0.2) is 96.2 Å². The third-order valence-corrected chi connectivity index (χ3v) is 12.8. The van der Waals surface area contributed by atoms with Gasteiger partial charge in [-0.1, -0.05) is 52.8 Å². The molecule has 6 rings (SSSR count). The minimum atomic E-state index is -2.07. The molecule has 3 N–H and O–H groups in total. The van der Waals surface area contributed by atoms with Gasteiger partial charge in [0.25, 0.3) is 11.7 Å². The Morgan fingerprint density at radius 2 is 1.72 bits per heavy atom. The van der Waals surface area contributed by atoms with Crippen LogP contribution in [-0.2, 0) is 23.8 Å². The van der Waals surface area contributed by atoms with Gasteiger partial charge in [-0.05, 0) is 51.8 Å². The number of phenolic OH excluding ortho intramolecular Hbond substituents is 1. The van der Waals surface area contributed by atoms with E-state index in [0.717, 1.165) is 6.07 Å². The molecule has 3 heterocycles. The molecule has 2 aromatic carbocycles. The van der Waals surface area contributed by atoms with Crippen LogP contribution in [0.5, 0.6) is 17.2 Å². The summed E-state index contributed by atoms with van der Waals surface area (Å²) in [7, 11) is 5.19. The molecule has 16 heteroatoms. The Labute approximate surface area is 371 Å². The van der Waals surface area contributed by atoms with Crippen LogP contribution >= 0.6 is 0 Å². The SMILES string of the molecule is CO[C@H]1/C=C/O[C@@]2(C)Oc3c(C)c(O)c4c(=O)c(c5oc6cc(OCCN(C)C)cc(F)c6nc-5c4c3C2=O)NC(=O)/C(C)=C\C=C\[C@H](C)[C@H](O)[C@@H](C)[C@@H](C)[C@@H](C)[C@H](OC(C)=O)[C@@H]1C. The van der Waals surface area contributed by atoms with Crippen molar-refractivity contribution in [2.75, 3.05) is 39.7 Å². The molecule has 0 saturated heterocycles. The maximum absolute atomic E-state index is 16.0. The quantitative estimate of drug-likeness (QED) is 0.0991. The van der Waals surface area contributed by atoms with Gasteiger partial charge in [-0.15, -0.1) is 0 Å². The van der Waals surface area contributed by atoms with Gasteiger partial charge in [0.05, 0.1) is 29.4 Å². The number of rotatable bonds is 6. The lowest BCUT2D eigenvalue weighted by Gasteiger charge is -2.39. The molecule has 344 valence electrons. The molecule has 0 aromatic heterocycles. The van der Waals surface area contributed by atoms with E-state index in [4.69, 9.17) is 28.1 Å². The van der Waals surface area contributed by atoms with Crippen molar-refractivity contribution >= 4 is 45.2 Å². The fourth-order valence-electron chi connectivity index (χ4n) is 8.49. The van der Waals surface area contributed by atoms with E-state index in [1.165, 1.54) is 53.2 Å². The number of hydrogen-bond acceptors (Lipinski definition) is 14. The Kier molecular flexibility index (Phi) is 13.9. The van der Waals surface area contributed by atoms with Crippen molar-refractivity contribution < 1.29 is 57.1 Å². The van der Waals surface area contributed by atoms with Crippen molar-refractivity contribution in [2.24, 2.45) is 29.6 Å². The van der Waals surface area contributed by atoms with Gasteiger partial charge in [0.1, 0.15) is 46.9 Å². The van der Waals surface area contributed by atoms with Crippen molar-refractivity contribution in [2.45, 2.75) is 86.4 Å². The smallest absolute Gasteiger partial charge is 0.312 e. The summed E-state index contributed by atoms with van der Waals surface area (Å²) in [6.07, 6.45) is 5.44. The van der Waals surface area contributed by atoms with Gasteiger partial charge >= 0.3 is 11.8 Å². The number of aliphatic hydroxyl groups is 1. The number of carbonyl (C=O) groups excluding carboxylic acids is 3. The van der Waals surface area contributed by atoms with Crippen LogP contribution in [0, 0.1) is 42.3 Å². The third-order valence-electron chi connectivity index (χ3n) is 12.8. The Balaban J connectivity index is 1.59. The Bertz CT molecular complexity index is 2600. The molecule has 0 unspecified atom stereocenters. The summed E-state index contributed by atoms with van der Waals surface area (Å²) in [6, 6.07) is 2.53. The van der Waals surface area contributed by atoms with E-state index in [1.807, 2.05) is 53.6 Å². The number of aromatic hydroxyl groups is 1. The van der Waals surface area contributed by atoms with Crippen LogP contribution in [0.15, 0.2) is 57.5 Å². The molecule has 9 atom stereocenters. The first-order valence-electron chi connectivity index (χ1n) is 21.3. The van der Waals surface area contributed by atoms with Crippen molar-refractivity contribution in [1.29, 1.82) is 0 Å². The number of nitrogens with one attached hydrogen (secondary N) is 1. The number of ketones is 1. The summed E-state index contributed by atoms with van der Waals surface area (Å²) < 4.78 is 52.1. The number of ether oxygens (including phenoxy) is 5. The number of benzene rings is 3. The zero-order chi connectivity index (χ0) is 47.1. The average molecular weight is 888 g/mol. The number of allylic oxidation sites excluding steroid dienone is 2. The topological polar surface area (TPSA) is 196 Å². The second kappa shape index (κ2) is 18.7. The zero-order valence-electron chi connectivity index (χ0n) is 38.3. The van der Waals surface area contributed by atoms with Crippen LogP contribution in [0.2, 0.25) is 0 Å². The molecule has 64 heavy (non-hydrogen) atoms. The predicted octanol–water partition coefficient (Wildman–Crippen LogP) is 7.30. The van der Waals surface area contributed by atoms with Crippen molar-refractivity contribution in [3.63, 3.8) is 0 Å². The molecular weight excluding hydrogens is 830 g/mol. The van der Waals surface area contributed by atoms with E-state index in [1.54, 1.807) is 18.2 Å². The molecule has 1 amide bonds. The minimum Gasteiger partial charge on any atom is -0.507 e. The number of esters is 1. The van der Waals surface area contributed by atoms with E-state index in [9.17, 15) is 29.4 Å². The molecule has 0 fully saturated rings. The molecule has 3 aliphatic heterocycles. The van der Waals surface area contributed by atoms with Gasteiger partial charge in [-0.3, -0.25) is 19.2 Å². The summed E-state index contributed by atoms with van der Waals surface area (Å²) >= 11 is 0. The van der Waals surface area contributed by atoms with Crippen LogP contribution in [0.4, 0.5) is 10.1 Å². The molecule has 15 nitrogen and oxygen atoms in total. The zero-order valence-corrected chi connectivity index (χ0v) is 38.3. The van der Waals surface area contributed by atoms with Crippen LogP contribution in [0.25, 0.3) is 33.3 Å². The number of amides is 1. The fraction of sp³-hybridized carbons (Fsp3) is 0.479. The lowest BCUT2D eigenvalue weighted by Crippen LogP contribution is -2.43. The summed E-state index contributed by atoms with van der Waals surface area (Å²) in [6.45, 7) is 15.9. The first-order chi connectivity index (χ1) is 30.1. The molecule has 0 radical (unpaired) electrons. The highest BCUT2D eigenvalue weighted by Crippen LogP contribution is 2.50. The predicted molar refractivity (Wildman–Crippen MR) is 238 cm³/mol. The maximum atomic E-state index is 16.0. The van der Waals surface area contributed by atoms with Crippen LogP contribution in [0.1, 0.15) is 71.3 Å². The number of methoxy groups -OCH3 is 1. The highest BCUT2D eigenvalue weighted by Gasteiger charge is 2.50. The van der Waals surface area contributed by atoms with E-state index >= 15 is 4.39 Å². The number of Topliss-reactive ketones (excluding diaryl/α,β-unsaturated/α-hetero) is 1. The first-order valence-corrected chi connectivity index (χ1v) is 21.3. The largest absolute Gasteiger partial charge is 0.507 e. The van der Waals surface area contributed by atoms with Crippen LogP contribution in [0.3, 0.4) is 0 Å². The Morgan fingerprint density at radius 3 is 2.38 bits per heavy atom. The average Bonchev–Trinajstić information content (AvgIpc) is 3.51. The number of likely N-dealkylation sites (N-methyl/N-ethyl adjacent to an activating group) is 1. The van der Waals surface area contributed by atoms with E-state index in [0.29, 0.717) is 6.54 Å². The summed E-state index contributed by atoms with van der Waals surface area (Å²) in [5.41, 5.74) is -2.04. The first kappa shape index (κ1) is 47.6. The number of halogens is 1. The van der Waals surface area contributed by atoms with Gasteiger partial charge in [-0.2, -0.15) is 0 Å². The lowest BCUT2D eigenvalue weighted by molar-refractivity contribution is -0.157. The number of aromatic nitrogens is 1. The normalized spacial score (nSPS) is 28.8. The molecule has 0 saturated carbocycles. The lowest BCUT2D eigenvalue weighted by atomic mass is 9.73. The van der Waals surface area contributed by atoms with E-state index < -0.39 is 75.7 Å². The monoisotopic (exact) mass is 887 g/mol. The second-order valence-electron chi connectivity index (χ2n) is 17.5. The van der Waals surface area contributed by atoms with E-state index in [-0.39, 0.29) is 86.4 Å². The third kappa shape index (κ3) is 8.95. The van der Waals surface area contributed by atoms with Gasteiger partial charge in [0.2, 0.25) is 5.43 Å². The van der Waals surface area contributed by atoms with Gasteiger partial charge in [0, 0.05) is 68.0 Å². The fourth-order valence-corrected chi connectivity index (χ4v) is 8.49. The molecule has 4 aliphatic rings. The highest BCUT2D eigenvalue weighted by atomic mass is 19.1. The second-order valence-corrected chi connectivity index (χ2v) is 17.5. The Morgan fingerprint density at radius 1 is 1.02 bits per heavy atom. The van der Waals surface area contributed by atoms with Crippen molar-refractivity contribution in [3.05, 3.63) is 75.4 Å². The van der Waals surface area contributed by atoms with Crippen molar-refractivity contribution in [1.82, 2.24) is 9.88 Å². The maximum Gasteiger partial charge on any atom is 0.312 e.